The highest BCUT2D eigenvalue weighted by molar-refractivity contribution is 5.92. The number of hydrogen-bond donors (Lipinski definition) is 1. The molecule has 0 radical (unpaired) electrons. The van der Waals surface area contributed by atoms with Crippen LogP contribution in [0.2, 0.25) is 0 Å². The van der Waals surface area contributed by atoms with E-state index in [1.54, 1.807) is 18.2 Å². The molecule has 1 amide bonds. The van der Waals surface area contributed by atoms with Gasteiger partial charge in [0, 0.05) is 55.6 Å². The Labute approximate surface area is 192 Å². The van der Waals surface area contributed by atoms with Gasteiger partial charge in [-0.15, -0.1) is 0 Å². The number of nitrogens with zero attached hydrogens (tertiary/aromatic N) is 1. The lowest BCUT2D eigenvalue weighted by Crippen LogP contribution is -2.18. The van der Waals surface area contributed by atoms with Crippen LogP contribution >= 0.6 is 0 Å². The summed E-state index contributed by atoms with van der Waals surface area (Å²) in [6, 6.07) is 9.70. The molecule has 1 aromatic heterocycles. The van der Waals surface area contributed by atoms with Crippen LogP contribution in [0.5, 0.6) is 17.2 Å². The number of rotatable bonds is 7. The Morgan fingerprint density at radius 3 is 2.59 bits per heavy atom. The first-order valence-corrected chi connectivity index (χ1v) is 10.7. The molecule has 1 saturated carbocycles. The number of amides is 1. The van der Waals surface area contributed by atoms with Crippen LogP contribution in [0.1, 0.15) is 34.0 Å². The maximum Gasteiger partial charge on any atom is 0.269 e. The minimum absolute atomic E-state index is 0.00355. The molecule has 5 rings (SSSR count). The summed E-state index contributed by atoms with van der Waals surface area (Å²) in [6.45, 7) is 0. The fourth-order valence-corrected chi connectivity index (χ4v) is 4.37. The van der Waals surface area contributed by atoms with Crippen molar-refractivity contribution in [2.75, 3.05) is 7.05 Å². The van der Waals surface area contributed by atoms with E-state index in [4.69, 9.17) is 9.47 Å². The number of ketones is 1. The molecule has 1 aliphatic heterocycles. The van der Waals surface area contributed by atoms with Crippen molar-refractivity contribution < 1.29 is 32.2 Å². The Bertz CT molecular complexity index is 1310. The Morgan fingerprint density at radius 1 is 1.03 bits per heavy atom. The van der Waals surface area contributed by atoms with Crippen molar-refractivity contribution in [3.05, 3.63) is 82.9 Å². The first-order chi connectivity index (χ1) is 16.3. The molecule has 1 N–H and O–H groups in total. The van der Waals surface area contributed by atoms with Crippen LogP contribution in [0.15, 0.2) is 48.7 Å². The smallest absolute Gasteiger partial charge is 0.269 e. The zero-order chi connectivity index (χ0) is 24.0. The van der Waals surface area contributed by atoms with Gasteiger partial charge in [-0.2, -0.15) is 0 Å². The summed E-state index contributed by atoms with van der Waals surface area (Å²) >= 11 is 0. The number of aromatic nitrogens is 1. The normalized spacial score (nSPS) is 19.6. The van der Waals surface area contributed by atoms with Crippen molar-refractivity contribution in [2.24, 2.45) is 5.92 Å². The highest BCUT2D eigenvalue weighted by Gasteiger charge is 2.59. The molecule has 2 aromatic carbocycles. The quantitative estimate of drug-likeness (QED) is 0.523. The van der Waals surface area contributed by atoms with Gasteiger partial charge in [-0.05, 0) is 35.9 Å². The number of benzene rings is 2. The first kappa shape index (κ1) is 21.9. The topological polar surface area (TPSA) is 77.5 Å². The minimum atomic E-state index is -1.29. The molecule has 9 heteroatoms. The van der Waals surface area contributed by atoms with E-state index in [0.717, 1.165) is 11.6 Å². The molecule has 0 bridgehead atoms. The standard InChI is InChI=1S/C25H19F3N2O4/c1-29-25(32)21-10-15(4-5-30-21)33-14-2-3-22-16(9-14)23-17(24(23)34-22)8-13(31)6-12-7-19(27)20(28)11-18(12)26/h2-5,7,9-11,17,23-24H,6,8H2,1H3,(H,29,32)/t17-,23-,24+/m0/s1. The lowest BCUT2D eigenvalue weighted by atomic mass is 10.0. The van der Waals surface area contributed by atoms with Crippen LogP contribution in [-0.4, -0.2) is 29.8 Å². The third-order valence-electron chi connectivity index (χ3n) is 6.07. The Kier molecular flexibility index (Phi) is 5.47. The van der Waals surface area contributed by atoms with E-state index in [1.165, 1.54) is 19.3 Å². The molecular weight excluding hydrogens is 449 g/mol. The third-order valence-corrected chi connectivity index (χ3v) is 6.07. The molecule has 1 aliphatic carbocycles. The van der Waals surface area contributed by atoms with Crippen LogP contribution in [0, 0.1) is 23.4 Å². The molecule has 2 aliphatic rings. The second kappa shape index (κ2) is 8.48. The summed E-state index contributed by atoms with van der Waals surface area (Å²) < 4.78 is 52.2. The summed E-state index contributed by atoms with van der Waals surface area (Å²) in [4.78, 5) is 28.3. The Morgan fingerprint density at radius 2 is 1.79 bits per heavy atom. The summed E-state index contributed by atoms with van der Waals surface area (Å²) in [6.07, 6.45) is 1.14. The van der Waals surface area contributed by atoms with Crippen LogP contribution < -0.4 is 14.8 Å². The van der Waals surface area contributed by atoms with Gasteiger partial charge in [0.2, 0.25) is 0 Å². The number of fused-ring (bicyclic) bond motifs is 3. The summed E-state index contributed by atoms with van der Waals surface area (Å²) in [5.41, 5.74) is 0.961. The van der Waals surface area contributed by atoms with Crippen molar-refractivity contribution in [3.8, 4) is 17.2 Å². The molecule has 174 valence electrons. The van der Waals surface area contributed by atoms with E-state index >= 15 is 0 Å². The maximum absolute atomic E-state index is 13.9. The summed E-state index contributed by atoms with van der Waals surface area (Å²) in [5, 5.41) is 2.50. The minimum Gasteiger partial charge on any atom is -0.489 e. The summed E-state index contributed by atoms with van der Waals surface area (Å²) in [7, 11) is 1.51. The number of nitrogens with one attached hydrogen (secondary N) is 1. The highest BCUT2D eigenvalue weighted by atomic mass is 19.2. The van der Waals surface area contributed by atoms with Crippen molar-refractivity contribution >= 4 is 11.7 Å². The largest absolute Gasteiger partial charge is 0.489 e. The van der Waals surface area contributed by atoms with Gasteiger partial charge in [0.15, 0.2) is 11.6 Å². The van der Waals surface area contributed by atoms with Crippen LogP contribution in [0.25, 0.3) is 0 Å². The van der Waals surface area contributed by atoms with Crippen molar-refractivity contribution in [1.29, 1.82) is 0 Å². The van der Waals surface area contributed by atoms with E-state index in [2.05, 4.69) is 10.3 Å². The summed E-state index contributed by atoms with van der Waals surface area (Å²) in [5.74, 6) is -2.41. The van der Waals surface area contributed by atoms with E-state index in [-0.39, 0.29) is 53.7 Å². The van der Waals surface area contributed by atoms with Crippen molar-refractivity contribution in [2.45, 2.75) is 24.9 Å². The second-order valence-corrected chi connectivity index (χ2v) is 8.31. The third kappa shape index (κ3) is 4.09. The van der Waals surface area contributed by atoms with Gasteiger partial charge in [0.05, 0.1) is 0 Å². The van der Waals surface area contributed by atoms with E-state index < -0.39 is 17.5 Å². The van der Waals surface area contributed by atoms with Crippen LogP contribution in [0.4, 0.5) is 13.2 Å². The first-order valence-electron chi connectivity index (χ1n) is 10.7. The van der Waals surface area contributed by atoms with Gasteiger partial charge in [-0.3, -0.25) is 14.6 Å². The maximum atomic E-state index is 13.9. The van der Waals surface area contributed by atoms with Gasteiger partial charge in [0.1, 0.15) is 40.6 Å². The van der Waals surface area contributed by atoms with Crippen LogP contribution in [-0.2, 0) is 11.2 Å². The van der Waals surface area contributed by atoms with Gasteiger partial charge in [-0.1, -0.05) is 0 Å². The number of carbonyl (C=O) groups is 2. The van der Waals surface area contributed by atoms with E-state index in [9.17, 15) is 22.8 Å². The van der Waals surface area contributed by atoms with Gasteiger partial charge >= 0.3 is 0 Å². The monoisotopic (exact) mass is 468 g/mol. The van der Waals surface area contributed by atoms with Crippen LogP contribution in [0.3, 0.4) is 0 Å². The van der Waals surface area contributed by atoms with Crippen molar-refractivity contribution in [1.82, 2.24) is 10.3 Å². The van der Waals surface area contributed by atoms with Crippen molar-refractivity contribution in [3.63, 3.8) is 0 Å². The zero-order valence-corrected chi connectivity index (χ0v) is 18.0. The molecule has 0 spiro atoms. The molecule has 34 heavy (non-hydrogen) atoms. The molecule has 1 fully saturated rings. The van der Waals surface area contributed by atoms with E-state index in [1.807, 2.05) is 6.07 Å². The van der Waals surface area contributed by atoms with Gasteiger partial charge in [-0.25, -0.2) is 13.2 Å². The lowest BCUT2D eigenvalue weighted by Gasteiger charge is -2.11. The highest BCUT2D eigenvalue weighted by Crippen LogP contribution is 2.60. The fourth-order valence-electron chi connectivity index (χ4n) is 4.37. The van der Waals surface area contributed by atoms with Gasteiger partial charge in [0.25, 0.3) is 5.91 Å². The molecule has 2 heterocycles. The Hall–Kier alpha value is -3.88. The number of halogens is 3. The second-order valence-electron chi connectivity index (χ2n) is 8.31. The number of carbonyl (C=O) groups excluding carboxylic acids is 2. The average Bonchev–Trinajstić information content (AvgIpc) is 3.33. The zero-order valence-electron chi connectivity index (χ0n) is 18.0. The number of ether oxygens (including phenoxy) is 2. The molecule has 0 unspecified atom stereocenters. The number of pyridine rings is 1. The van der Waals surface area contributed by atoms with E-state index in [0.29, 0.717) is 23.3 Å². The number of Topliss-reactive ketones (excluding diaryl/α,β-unsaturated/α-hetero) is 1. The molecule has 3 atom stereocenters. The molecule has 6 nitrogen and oxygen atoms in total. The predicted octanol–water partition coefficient (Wildman–Crippen LogP) is 4.33. The fraction of sp³-hybridized carbons (Fsp3) is 0.240. The molecule has 3 aromatic rings. The molecule has 0 saturated heterocycles. The average molecular weight is 468 g/mol. The number of hydrogen-bond acceptors (Lipinski definition) is 5. The molecular formula is C25H19F3N2O4. The van der Waals surface area contributed by atoms with Gasteiger partial charge < -0.3 is 14.8 Å². The predicted molar refractivity (Wildman–Crippen MR) is 114 cm³/mol. The Balaban J connectivity index is 1.25. The SMILES string of the molecule is CNC(=O)c1cc(Oc2ccc3c(c2)[C@H]2[C@H](CC(=O)Cc4cc(F)c(F)cc4F)[C@H]2O3)ccn1. The lowest BCUT2D eigenvalue weighted by molar-refractivity contribution is -0.119.